The lowest BCUT2D eigenvalue weighted by Gasteiger charge is -2.20. The van der Waals surface area contributed by atoms with E-state index in [-0.39, 0.29) is 17.8 Å². The van der Waals surface area contributed by atoms with E-state index in [4.69, 9.17) is 9.47 Å². The molecule has 108 valence electrons. The van der Waals surface area contributed by atoms with Crippen LogP contribution in [-0.2, 0) is 6.42 Å². The Hall–Kier alpha value is -2.43. The fraction of sp³-hybridized carbons (Fsp3) is 0.188. The molecular weight excluding hydrogens is 278 g/mol. The molecule has 0 amide bonds. The largest absolute Gasteiger partial charge is 0.486 e. The van der Waals surface area contributed by atoms with Crippen molar-refractivity contribution in [2.75, 3.05) is 13.2 Å². The van der Waals surface area contributed by atoms with Crippen LogP contribution >= 0.6 is 0 Å². The molecule has 1 aliphatic heterocycles. The lowest BCUT2D eigenvalue weighted by Crippen LogP contribution is -2.18. The molecule has 0 spiro atoms. The van der Waals surface area contributed by atoms with Gasteiger partial charge < -0.3 is 9.47 Å². The van der Waals surface area contributed by atoms with Gasteiger partial charge in [0, 0.05) is 6.42 Å². The molecule has 0 unspecified atom stereocenters. The third kappa shape index (κ3) is 2.59. The Bertz CT molecular complexity index is 698. The summed E-state index contributed by atoms with van der Waals surface area (Å²) in [6, 6.07) is 8.75. The molecule has 21 heavy (non-hydrogen) atoms. The van der Waals surface area contributed by atoms with Crippen LogP contribution in [0.25, 0.3) is 0 Å². The third-order valence-corrected chi connectivity index (χ3v) is 3.25. The molecule has 0 bridgehead atoms. The van der Waals surface area contributed by atoms with Gasteiger partial charge in [0.1, 0.15) is 13.2 Å². The van der Waals surface area contributed by atoms with Crippen molar-refractivity contribution >= 4 is 5.78 Å². The van der Waals surface area contributed by atoms with E-state index in [1.807, 2.05) is 0 Å². The monoisotopic (exact) mass is 290 g/mol. The first kappa shape index (κ1) is 13.5. The zero-order valence-electron chi connectivity index (χ0n) is 11.1. The first-order valence-electron chi connectivity index (χ1n) is 6.51. The van der Waals surface area contributed by atoms with E-state index in [9.17, 15) is 13.6 Å². The highest BCUT2D eigenvalue weighted by molar-refractivity contribution is 6.00. The van der Waals surface area contributed by atoms with Crippen molar-refractivity contribution in [3.63, 3.8) is 0 Å². The van der Waals surface area contributed by atoms with Gasteiger partial charge >= 0.3 is 0 Å². The average Bonchev–Trinajstić information content (AvgIpc) is 2.51. The summed E-state index contributed by atoms with van der Waals surface area (Å²) in [7, 11) is 0. The van der Waals surface area contributed by atoms with Gasteiger partial charge in [0.05, 0.1) is 5.56 Å². The summed E-state index contributed by atoms with van der Waals surface area (Å²) in [6.45, 7) is 0.773. The topological polar surface area (TPSA) is 35.5 Å². The fourth-order valence-electron chi connectivity index (χ4n) is 2.25. The summed E-state index contributed by atoms with van der Waals surface area (Å²) >= 11 is 0. The molecule has 0 atom stereocenters. The van der Waals surface area contributed by atoms with Gasteiger partial charge in [0.15, 0.2) is 28.9 Å². The number of carbonyl (C=O) groups is 1. The van der Waals surface area contributed by atoms with Gasteiger partial charge in [-0.3, -0.25) is 4.79 Å². The molecule has 0 aromatic heterocycles. The van der Waals surface area contributed by atoms with Crippen molar-refractivity contribution in [3.05, 3.63) is 59.2 Å². The van der Waals surface area contributed by atoms with Gasteiger partial charge in [0.2, 0.25) is 0 Å². The van der Waals surface area contributed by atoms with Gasteiger partial charge in [-0.05, 0) is 23.8 Å². The number of ether oxygens (including phenoxy) is 2. The van der Waals surface area contributed by atoms with Crippen molar-refractivity contribution in [1.82, 2.24) is 0 Å². The lowest BCUT2D eigenvalue weighted by atomic mass is 10.0. The zero-order chi connectivity index (χ0) is 14.8. The minimum absolute atomic E-state index is 0.0225. The average molecular weight is 290 g/mol. The maximum atomic E-state index is 13.6. The molecule has 2 aromatic carbocycles. The molecule has 0 saturated carbocycles. The molecule has 1 heterocycles. The molecule has 1 aliphatic rings. The SMILES string of the molecule is O=C(Cc1cccc(F)c1F)c1cccc2c1OCCO2. The molecule has 0 fully saturated rings. The number of Topliss-reactive ketones (excluding diaryl/α,β-unsaturated/α-hetero) is 1. The number of para-hydroxylation sites is 1. The van der Waals surface area contributed by atoms with Crippen LogP contribution in [0.3, 0.4) is 0 Å². The number of fused-ring (bicyclic) bond motifs is 1. The van der Waals surface area contributed by atoms with Crippen molar-refractivity contribution < 1.29 is 23.0 Å². The second-order valence-electron chi connectivity index (χ2n) is 4.64. The van der Waals surface area contributed by atoms with Crippen LogP contribution in [0, 0.1) is 11.6 Å². The van der Waals surface area contributed by atoms with Crippen molar-refractivity contribution in [2.45, 2.75) is 6.42 Å². The molecule has 5 heteroatoms. The normalized spacial score (nSPS) is 13.0. The van der Waals surface area contributed by atoms with E-state index in [0.717, 1.165) is 6.07 Å². The first-order chi connectivity index (χ1) is 10.2. The third-order valence-electron chi connectivity index (χ3n) is 3.25. The Kier molecular flexibility index (Phi) is 3.56. The first-order valence-corrected chi connectivity index (χ1v) is 6.51. The number of rotatable bonds is 3. The predicted molar refractivity (Wildman–Crippen MR) is 71.8 cm³/mol. The molecule has 0 N–H and O–H groups in total. The van der Waals surface area contributed by atoms with Gasteiger partial charge in [-0.15, -0.1) is 0 Å². The molecule has 3 nitrogen and oxygen atoms in total. The Morgan fingerprint density at radius 2 is 1.81 bits per heavy atom. The van der Waals surface area contributed by atoms with Crippen LogP contribution in [-0.4, -0.2) is 19.0 Å². The van der Waals surface area contributed by atoms with Crippen LogP contribution in [0.1, 0.15) is 15.9 Å². The number of benzene rings is 2. The standard InChI is InChI=1S/C16H12F2O3/c17-12-5-1-3-10(15(12)18)9-13(19)11-4-2-6-14-16(11)21-8-7-20-14/h1-6H,7-9H2. The van der Waals surface area contributed by atoms with E-state index in [2.05, 4.69) is 0 Å². The second kappa shape index (κ2) is 5.52. The summed E-state index contributed by atoms with van der Waals surface area (Å²) in [6.07, 6.45) is -0.233. The summed E-state index contributed by atoms with van der Waals surface area (Å²) in [5.41, 5.74) is 0.338. The Labute approximate surface area is 120 Å². The predicted octanol–water partition coefficient (Wildman–Crippen LogP) is 3.16. The Morgan fingerprint density at radius 1 is 1.05 bits per heavy atom. The van der Waals surface area contributed by atoms with Crippen molar-refractivity contribution in [2.24, 2.45) is 0 Å². The summed E-state index contributed by atoms with van der Waals surface area (Å²) in [4.78, 5) is 12.3. The Morgan fingerprint density at radius 3 is 2.67 bits per heavy atom. The van der Waals surface area contributed by atoms with Gasteiger partial charge in [-0.2, -0.15) is 0 Å². The molecule has 2 aromatic rings. The smallest absolute Gasteiger partial charge is 0.172 e. The van der Waals surface area contributed by atoms with Crippen molar-refractivity contribution in [1.29, 1.82) is 0 Å². The van der Waals surface area contributed by atoms with Crippen LogP contribution < -0.4 is 9.47 Å². The van der Waals surface area contributed by atoms with Crippen LogP contribution in [0.2, 0.25) is 0 Å². The lowest BCUT2D eigenvalue weighted by molar-refractivity contribution is 0.0980. The van der Waals surface area contributed by atoms with Crippen molar-refractivity contribution in [3.8, 4) is 11.5 Å². The maximum Gasteiger partial charge on any atom is 0.172 e. The highest BCUT2D eigenvalue weighted by atomic mass is 19.2. The maximum absolute atomic E-state index is 13.6. The highest BCUT2D eigenvalue weighted by Gasteiger charge is 2.21. The molecule has 3 rings (SSSR count). The van der Waals surface area contributed by atoms with Gasteiger partial charge in [0.25, 0.3) is 0 Å². The fourth-order valence-corrected chi connectivity index (χ4v) is 2.25. The number of ketones is 1. The second-order valence-corrected chi connectivity index (χ2v) is 4.64. The van der Waals surface area contributed by atoms with E-state index in [1.165, 1.54) is 12.1 Å². The van der Waals surface area contributed by atoms with E-state index < -0.39 is 11.6 Å². The Balaban J connectivity index is 1.91. The number of hydrogen-bond donors (Lipinski definition) is 0. The molecule has 0 aliphatic carbocycles. The molecule has 0 radical (unpaired) electrons. The summed E-state index contributed by atoms with van der Waals surface area (Å²) in [5.74, 6) is -1.44. The zero-order valence-corrected chi connectivity index (χ0v) is 11.1. The number of hydrogen-bond acceptors (Lipinski definition) is 3. The number of halogens is 2. The van der Waals surface area contributed by atoms with E-state index >= 15 is 0 Å². The highest BCUT2D eigenvalue weighted by Crippen LogP contribution is 2.34. The van der Waals surface area contributed by atoms with Crippen LogP contribution in [0.5, 0.6) is 11.5 Å². The summed E-state index contributed by atoms with van der Waals surface area (Å²) in [5, 5.41) is 0. The molecule has 0 saturated heterocycles. The minimum Gasteiger partial charge on any atom is -0.486 e. The minimum atomic E-state index is -0.993. The van der Waals surface area contributed by atoms with Gasteiger partial charge in [-0.25, -0.2) is 8.78 Å². The van der Waals surface area contributed by atoms with Crippen LogP contribution in [0.4, 0.5) is 8.78 Å². The van der Waals surface area contributed by atoms with E-state index in [1.54, 1.807) is 18.2 Å². The van der Waals surface area contributed by atoms with Gasteiger partial charge in [-0.1, -0.05) is 18.2 Å². The number of carbonyl (C=O) groups excluding carboxylic acids is 1. The van der Waals surface area contributed by atoms with Crippen LogP contribution in [0.15, 0.2) is 36.4 Å². The van der Waals surface area contributed by atoms with E-state index in [0.29, 0.717) is 30.3 Å². The quantitative estimate of drug-likeness (QED) is 0.815. The summed E-state index contributed by atoms with van der Waals surface area (Å²) < 4.78 is 37.7. The molecular formula is C16H12F2O3.